The van der Waals surface area contributed by atoms with Gasteiger partial charge in [0.25, 0.3) is 0 Å². The largest absolute Gasteiger partial charge is 0.435 e. The molecule has 0 spiro atoms. The lowest BCUT2D eigenvalue weighted by Gasteiger charge is -2.03. The third-order valence-corrected chi connectivity index (χ3v) is 2.22. The van der Waals surface area contributed by atoms with E-state index < -0.39 is 0 Å². The van der Waals surface area contributed by atoms with Crippen LogP contribution in [0.4, 0.5) is 0 Å². The SMILES string of the molecule is CCC(=O)O/C=C/CC(C)/C=C(\C)CC. The normalized spacial score (nSPS) is 14.3. The Morgan fingerprint density at radius 3 is 2.53 bits per heavy atom. The first-order valence-electron chi connectivity index (χ1n) is 5.61. The smallest absolute Gasteiger partial charge is 0.310 e. The quantitative estimate of drug-likeness (QED) is 0.378. The molecule has 0 aliphatic heterocycles. The summed E-state index contributed by atoms with van der Waals surface area (Å²) < 4.78 is 4.83. The predicted octanol–water partition coefficient (Wildman–Crippen LogP) is 3.84. The van der Waals surface area contributed by atoms with Gasteiger partial charge in [-0.05, 0) is 31.8 Å². The molecule has 0 rings (SSSR count). The zero-order valence-corrected chi connectivity index (χ0v) is 10.2. The molecule has 0 aliphatic carbocycles. The van der Waals surface area contributed by atoms with Crippen LogP contribution < -0.4 is 0 Å². The monoisotopic (exact) mass is 210 g/mol. The van der Waals surface area contributed by atoms with E-state index in [1.54, 1.807) is 6.92 Å². The highest BCUT2D eigenvalue weighted by Crippen LogP contribution is 2.10. The highest BCUT2D eigenvalue weighted by Gasteiger charge is 1.96. The van der Waals surface area contributed by atoms with Crippen molar-refractivity contribution in [2.75, 3.05) is 0 Å². The topological polar surface area (TPSA) is 26.3 Å². The highest BCUT2D eigenvalue weighted by atomic mass is 16.5. The van der Waals surface area contributed by atoms with Gasteiger partial charge < -0.3 is 4.74 Å². The van der Waals surface area contributed by atoms with Crippen molar-refractivity contribution in [1.82, 2.24) is 0 Å². The van der Waals surface area contributed by atoms with E-state index in [1.807, 2.05) is 6.08 Å². The van der Waals surface area contributed by atoms with E-state index in [2.05, 4.69) is 26.8 Å². The second-order valence-electron chi connectivity index (χ2n) is 3.79. The number of ether oxygens (including phenoxy) is 1. The minimum absolute atomic E-state index is 0.181. The van der Waals surface area contributed by atoms with Crippen molar-refractivity contribution in [3.05, 3.63) is 24.0 Å². The summed E-state index contributed by atoms with van der Waals surface area (Å²) in [5, 5.41) is 0. The molecule has 0 aromatic carbocycles. The summed E-state index contributed by atoms with van der Waals surface area (Å²) in [4.78, 5) is 10.8. The molecule has 1 atom stereocenters. The van der Waals surface area contributed by atoms with E-state index in [-0.39, 0.29) is 5.97 Å². The molecule has 0 radical (unpaired) electrons. The van der Waals surface area contributed by atoms with Crippen molar-refractivity contribution in [2.45, 2.75) is 47.0 Å². The molecule has 0 saturated carbocycles. The van der Waals surface area contributed by atoms with Crippen LogP contribution in [0.15, 0.2) is 24.0 Å². The maximum atomic E-state index is 10.8. The van der Waals surface area contributed by atoms with Crippen molar-refractivity contribution >= 4 is 5.97 Å². The maximum absolute atomic E-state index is 10.8. The molecule has 1 unspecified atom stereocenters. The number of hydrogen-bond acceptors (Lipinski definition) is 2. The van der Waals surface area contributed by atoms with Crippen molar-refractivity contribution in [3.8, 4) is 0 Å². The Labute approximate surface area is 93.0 Å². The molecule has 0 saturated heterocycles. The van der Waals surface area contributed by atoms with E-state index in [0.717, 1.165) is 12.8 Å². The van der Waals surface area contributed by atoms with Gasteiger partial charge in [-0.3, -0.25) is 4.79 Å². The van der Waals surface area contributed by atoms with Gasteiger partial charge in [0.05, 0.1) is 6.26 Å². The van der Waals surface area contributed by atoms with Gasteiger partial charge in [-0.1, -0.05) is 32.4 Å². The second kappa shape index (κ2) is 8.27. The average Bonchev–Trinajstić information content (AvgIpc) is 2.23. The summed E-state index contributed by atoms with van der Waals surface area (Å²) in [6.07, 6.45) is 8.09. The van der Waals surface area contributed by atoms with Crippen LogP contribution >= 0.6 is 0 Å². The van der Waals surface area contributed by atoms with Crippen LogP contribution in [0.3, 0.4) is 0 Å². The van der Waals surface area contributed by atoms with Crippen molar-refractivity contribution in [2.24, 2.45) is 5.92 Å². The van der Waals surface area contributed by atoms with E-state index in [4.69, 9.17) is 4.74 Å². The fraction of sp³-hybridized carbons (Fsp3) is 0.615. The number of allylic oxidation sites excluding steroid dienone is 3. The van der Waals surface area contributed by atoms with Crippen LogP contribution in [0.2, 0.25) is 0 Å². The Kier molecular flexibility index (Phi) is 7.69. The summed E-state index contributed by atoms with van der Waals surface area (Å²) in [5.74, 6) is 0.320. The lowest BCUT2D eigenvalue weighted by molar-refractivity contribution is -0.137. The molecule has 0 aliphatic rings. The molecule has 2 nitrogen and oxygen atoms in total. The second-order valence-corrected chi connectivity index (χ2v) is 3.79. The predicted molar refractivity (Wildman–Crippen MR) is 63.4 cm³/mol. The summed E-state index contributed by atoms with van der Waals surface area (Å²) in [6, 6.07) is 0. The molecule has 0 bridgehead atoms. The van der Waals surface area contributed by atoms with Crippen molar-refractivity contribution in [3.63, 3.8) is 0 Å². The molecule has 2 heteroatoms. The average molecular weight is 210 g/mol. The number of esters is 1. The Bertz CT molecular complexity index is 239. The van der Waals surface area contributed by atoms with Gasteiger partial charge >= 0.3 is 5.97 Å². The van der Waals surface area contributed by atoms with Gasteiger partial charge in [-0.2, -0.15) is 0 Å². The Morgan fingerprint density at radius 2 is 2.00 bits per heavy atom. The van der Waals surface area contributed by atoms with E-state index >= 15 is 0 Å². The molecule has 15 heavy (non-hydrogen) atoms. The standard InChI is InChI=1S/C13H22O2/c1-5-11(3)10-12(4)8-7-9-15-13(14)6-2/h7,9-10,12H,5-6,8H2,1-4H3/b9-7+,11-10+. The van der Waals surface area contributed by atoms with Gasteiger partial charge in [0.2, 0.25) is 0 Å². The zero-order valence-electron chi connectivity index (χ0n) is 10.2. The Morgan fingerprint density at radius 1 is 1.33 bits per heavy atom. The van der Waals surface area contributed by atoms with E-state index in [1.165, 1.54) is 11.8 Å². The van der Waals surface area contributed by atoms with Gasteiger partial charge in [0.15, 0.2) is 0 Å². The summed E-state index contributed by atoms with van der Waals surface area (Å²) in [6.45, 7) is 8.23. The van der Waals surface area contributed by atoms with Crippen LogP contribution in [0.25, 0.3) is 0 Å². The van der Waals surface area contributed by atoms with Crippen molar-refractivity contribution < 1.29 is 9.53 Å². The van der Waals surface area contributed by atoms with Crippen LogP contribution in [0, 0.1) is 5.92 Å². The van der Waals surface area contributed by atoms with Crippen LogP contribution in [-0.2, 0) is 9.53 Å². The lowest BCUT2D eigenvalue weighted by Crippen LogP contribution is -1.95. The molecule has 86 valence electrons. The van der Waals surface area contributed by atoms with Gasteiger partial charge in [-0.25, -0.2) is 0 Å². The maximum Gasteiger partial charge on any atom is 0.310 e. The minimum Gasteiger partial charge on any atom is -0.435 e. The first-order valence-corrected chi connectivity index (χ1v) is 5.61. The molecule has 0 N–H and O–H groups in total. The fourth-order valence-electron chi connectivity index (χ4n) is 1.15. The number of carbonyl (C=O) groups excluding carboxylic acids is 1. The summed E-state index contributed by atoms with van der Waals surface area (Å²) in [7, 11) is 0. The molecule has 0 amide bonds. The van der Waals surface area contributed by atoms with E-state index in [9.17, 15) is 4.79 Å². The molecular weight excluding hydrogens is 188 g/mol. The van der Waals surface area contributed by atoms with Crippen molar-refractivity contribution in [1.29, 1.82) is 0 Å². The molecule has 0 aromatic rings. The summed E-state index contributed by atoms with van der Waals surface area (Å²) >= 11 is 0. The molecule has 0 fully saturated rings. The third-order valence-electron chi connectivity index (χ3n) is 2.22. The summed E-state index contributed by atoms with van der Waals surface area (Å²) in [5.41, 5.74) is 1.40. The zero-order chi connectivity index (χ0) is 11.7. The number of rotatable bonds is 6. The Balaban J connectivity index is 3.80. The minimum atomic E-state index is -0.181. The highest BCUT2D eigenvalue weighted by molar-refractivity contribution is 5.69. The molecule has 0 aromatic heterocycles. The molecule has 0 heterocycles. The van der Waals surface area contributed by atoms with Crippen LogP contribution in [-0.4, -0.2) is 5.97 Å². The van der Waals surface area contributed by atoms with E-state index in [0.29, 0.717) is 12.3 Å². The lowest BCUT2D eigenvalue weighted by atomic mass is 10.0. The first-order chi connectivity index (χ1) is 7.10. The van der Waals surface area contributed by atoms with Gasteiger partial charge in [-0.15, -0.1) is 0 Å². The van der Waals surface area contributed by atoms with Gasteiger partial charge in [0, 0.05) is 6.42 Å². The fourth-order valence-corrected chi connectivity index (χ4v) is 1.15. The number of carbonyl (C=O) groups is 1. The first kappa shape index (κ1) is 13.9. The Hall–Kier alpha value is -1.05. The van der Waals surface area contributed by atoms with Gasteiger partial charge in [0.1, 0.15) is 0 Å². The third kappa shape index (κ3) is 7.98. The van der Waals surface area contributed by atoms with Crippen LogP contribution in [0.5, 0.6) is 0 Å². The molecular formula is C13H22O2. The number of hydrogen-bond donors (Lipinski definition) is 0. The van der Waals surface area contributed by atoms with Crippen LogP contribution in [0.1, 0.15) is 47.0 Å².